The van der Waals surface area contributed by atoms with Crippen LogP contribution in [0.1, 0.15) is 79.5 Å². The van der Waals surface area contributed by atoms with Crippen LogP contribution in [0.4, 0.5) is 0 Å². The van der Waals surface area contributed by atoms with Gasteiger partial charge in [0.1, 0.15) is 0 Å². The van der Waals surface area contributed by atoms with E-state index >= 15 is 0 Å². The molecule has 2 amide bonds. The van der Waals surface area contributed by atoms with E-state index in [-0.39, 0.29) is 28.0 Å². The van der Waals surface area contributed by atoms with Gasteiger partial charge >= 0.3 is 11.9 Å². The van der Waals surface area contributed by atoms with Crippen LogP contribution in [0.15, 0.2) is 42.5 Å². The SMILES string of the molecule is CC(=O)c1ccc(C(=O)NN(C(=O)c2cc(C(=O)O)cc(C(=O)O)c2)C(C)(C)C)cc1. The fourth-order valence-corrected chi connectivity index (χ4v) is 2.67. The molecular formula is C22H22N2O7. The molecule has 3 N–H and O–H groups in total. The van der Waals surface area contributed by atoms with Gasteiger partial charge in [-0.1, -0.05) is 12.1 Å². The average Bonchev–Trinajstić information content (AvgIpc) is 2.70. The zero-order chi connectivity index (χ0) is 23.5. The van der Waals surface area contributed by atoms with Crippen LogP contribution in [0.25, 0.3) is 0 Å². The maximum absolute atomic E-state index is 13.1. The molecule has 0 aliphatic heterocycles. The molecule has 0 fully saturated rings. The lowest BCUT2D eigenvalue weighted by atomic mass is 10.0. The maximum Gasteiger partial charge on any atom is 0.335 e. The molecule has 2 aromatic rings. The number of aromatic carboxylic acids is 2. The Morgan fingerprint density at radius 2 is 1.16 bits per heavy atom. The van der Waals surface area contributed by atoms with E-state index < -0.39 is 29.3 Å². The number of hydrogen-bond donors (Lipinski definition) is 3. The molecule has 0 atom stereocenters. The van der Waals surface area contributed by atoms with Crippen LogP contribution in [0.5, 0.6) is 0 Å². The number of hydrazine groups is 1. The second-order valence-electron chi connectivity index (χ2n) is 7.80. The Morgan fingerprint density at radius 1 is 0.742 bits per heavy atom. The molecule has 0 unspecified atom stereocenters. The van der Waals surface area contributed by atoms with Crippen molar-refractivity contribution in [3.05, 3.63) is 70.3 Å². The Labute approximate surface area is 178 Å². The molecule has 31 heavy (non-hydrogen) atoms. The lowest BCUT2D eigenvalue weighted by molar-refractivity contribution is 0.0358. The van der Waals surface area contributed by atoms with E-state index in [9.17, 15) is 34.2 Å². The monoisotopic (exact) mass is 426 g/mol. The molecule has 0 aromatic heterocycles. The van der Waals surface area contributed by atoms with Gasteiger partial charge < -0.3 is 10.2 Å². The minimum Gasteiger partial charge on any atom is -0.478 e. The van der Waals surface area contributed by atoms with Crippen molar-refractivity contribution in [1.82, 2.24) is 10.4 Å². The van der Waals surface area contributed by atoms with Gasteiger partial charge in [0, 0.05) is 16.7 Å². The van der Waals surface area contributed by atoms with Crippen molar-refractivity contribution in [2.75, 3.05) is 0 Å². The Morgan fingerprint density at radius 3 is 1.55 bits per heavy atom. The number of carboxylic acid groups (broad SMARTS) is 2. The van der Waals surface area contributed by atoms with Crippen LogP contribution in [-0.4, -0.2) is 50.3 Å². The van der Waals surface area contributed by atoms with Gasteiger partial charge in [-0.25, -0.2) is 14.6 Å². The highest BCUT2D eigenvalue weighted by Gasteiger charge is 2.30. The van der Waals surface area contributed by atoms with E-state index in [1.807, 2.05) is 0 Å². The molecule has 0 saturated carbocycles. The minimum atomic E-state index is -1.39. The Balaban J connectivity index is 2.42. The van der Waals surface area contributed by atoms with Crippen LogP contribution in [0.2, 0.25) is 0 Å². The van der Waals surface area contributed by atoms with Crippen molar-refractivity contribution in [2.45, 2.75) is 33.2 Å². The molecule has 2 rings (SSSR count). The molecule has 2 aromatic carbocycles. The van der Waals surface area contributed by atoms with Gasteiger partial charge in [-0.2, -0.15) is 0 Å². The third-order valence-corrected chi connectivity index (χ3v) is 4.31. The van der Waals surface area contributed by atoms with E-state index in [1.54, 1.807) is 20.8 Å². The van der Waals surface area contributed by atoms with Gasteiger partial charge in [0.25, 0.3) is 11.8 Å². The first-order valence-corrected chi connectivity index (χ1v) is 9.19. The van der Waals surface area contributed by atoms with Crippen LogP contribution < -0.4 is 5.43 Å². The Bertz CT molecular complexity index is 1030. The molecule has 0 aliphatic rings. The third-order valence-electron chi connectivity index (χ3n) is 4.31. The highest BCUT2D eigenvalue weighted by Crippen LogP contribution is 2.19. The largest absolute Gasteiger partial charge is 0.478 e. The number of nitrogens with zero attached hydrogens (tertiary/aromatic N) is 1. The van der Waals surface area contributed by atoms with Gasteiger partial charge in [0.15, 0.2) is 5.78 Å². The first kappa shape index (κ1) is 23.3. The maximum atomic E-state index is 13.1. The molecule has 162 valence electrons. The topological polar surface area (TPSA) is 141 Å². The third kappa shape index (κ3) is 5.53. The summed E-state index contributed by atoms with van der Waals surface area (Å²) >= 11 is 0. The number of carbonyl (C=O) groups is 5. The quantitative estimate of drug-likeness (QED) is 0.493. The summed E-state index contributed by atoms with van der Waals surface area (Å²) in [5, 5.41) is 19.5. The summed E-state index contributed by atoms with van der Waals surface area (Å²) in [5.74, 6) is -4.37. The van der Waals surface area contributed by atoms with Crippen LogP contribution in [0, 0.1) is 0 Å². The van der Waals surface area contributed by atoms with E-state index in [0.717, 1.165) is 23.2 Å². The molecule has 9 heteroatoms. The number of benzene rings is 2. The Kier molecular flexibility index (Phi) is 6.59. The van der Waals surface area contributed by atoms with Crippen molar-refractivity contribution in [3.63, 3.8) is 0 Å². The summed E-state index contributed by atoms with van der Waals surface area (Å²) in [6, 6.07) is 8.87. The van der Waals surface area contributed by atoms with E-state index in [0.29, 0.717) is 5.56 Å². The Hall–Kier alpha value is -4.01. The number of rotatable bonds is 5. The standard InChI is InChI=1S/C22H22N2O7/c1-12(25)13-5-7-14(8-6-13)18(26)23-24(22(2,3)4)19(27)15-9-16(20(28)29)11-17(10-15)21(30)31/h5-11H,1-4H3,(H,23,26)(H,28,29)(H,30,31). The van der Waals surface area contributed by atoms with Crippen molar-refractivity contribution in [3.8, 4) is 0 Å². The summed E-state index contributed by atoms with van der Waals surface area (Å²) in [6.45, 7) is 6.32. The number of hydrogen-bond acceptors (Lipinski definition) is 5. The highest BCUT2D eigenvalue weighted by molar-refractivity contribution is 6.03. The van der Waals surface area contributed by atoms with Gasteiger partial charge in [-0.3, -0.25) is 19.8 Å². The predicted molar refractivity (Wildman–Crippen MR) is 110 cm³/mol. The number of carbonyl (C=O) groups excluding carboxylic acids is 3. The van der Waals surface area contributed by atoms with Gasteiger partial charge in [0.2, 0.25) is 0 Å². The van der Waals surface area contributed by atoms with Gasteiger partial charge in [-0.15, -0.1) is 0 Å². The normalized spacial score (nSPS) is 10.8. The van der Waals surface area contributed by atoms with Crippen LogP contribution >= 0.6 is 0 Å². The van der Waals surface area contributed by atoms with Crippen molar-refractivity contribution in [1.29, 1.82) is 0 Å². The molecule has 0 radical (unpaired) electrons. The first-order chi connectivity index (χ1) is 14.3. The number of amides is 2. The number of nitrogens with one attached hydrogen (secondary N) is 1. The van der Waals surface area contributed by atoms with Crippen molar-refractivity contribution < 1.29 is 34.2 Å². The zero-order valence-corrected chi connectivity index (χ0v) is 17.4. The molecule has 9 nitrogen and oxygen atoms in total. The lowest BCUT2D eigenvalue weighted by Crippen LogP contribution is -2.55. The molecule has 0 aliphatic carbocycles. The second kappa shape index (κ2) is 8.78. The van der Waals surface area contributed by atoms with Crippen molar-refractivity contribution in [2.24, 2.45) is 0 Å². The number of Topliss-reactive ketones (excluding diaryl/α,β-unsaturated/α-hetero) is 1. The van der Waals surface area contributed by atoms with E-state index in [1.165, 1.54) is 31.2 Å². The molecule has 0 spiro atoms. The molecular weight excluding hydrogens is 404 g/mol. The fourth-order valence-electron chi connectivity index (χ4n) is 2.67. The predicted octanol–water partition coefficient (Wildman–Crippen LogP) is 2.87. The van der Waals surface area contributed by atoms with Crippen LogP contribution in [-0.2, 0) is 0 Å². The fraction of sp³-hybridized carbons (Fsp3) is 0.227. The summed E-state index contributed by atoms with van der Waals surface area (Å²) in [4.78, 5) is 59.9. The summed E-state index contributed by atoms with van der Waals surface area (Å²) < 4.78 is 0. The smallest absolute Gasteiger partial charge is 0.335 e. The lowest BCUT2D eigenvalue weighted by Gasteiger charge is -2.35. The van der Waals surface area contributed by atoms with Gasteiger partial charge in [0.05, 0.1) is 16.7 Å². The summed E-state index contributed by atoms with van der Waals surface area (Å²) in [6.07, 6.45) is 0. The zero-order valence-electron chi connectivity index (χ0n) is 17.4. The van der Waals surface area contributed by atoms with Gasteiger partial charge in [-0.05, 0) is 58.0 Å². The molecule has 0 heterocycles. The van der Waals surface area contributed by atoms with E-state index in [2.05, 4.69) is 5.43 Å². The summed E-state index contributed by atoms with van der Waals surface area (Å²) in [5.41, 5.74) is 1.21. The molecule has 0 bridgehead atoms. The van der Waals surface area contributed by atoms with Crippen molar-refractivity contribution >= 4 is 29.5 Å². The number of carboxylic acids is 2. The van der Waals surface area contributed by atoms with E-state index in [4.69, 9.17) is 0 Å². The summed E-state index contributed by atoms with van der Waals surface area (Å²) in [7, 11) is 0. The molecule has 0 saturated heterocycles. The van der Waals surface area contributed by atoms with Crippen LogP contribution in [0.3, 0.4) is 0 Å². The second-order valence-corrected chi connectivity index (χ2v) is 7.80. The minimum absolute atomic E-state index is 0.161. The highest BCUT2D eigenvalue weighted by atomic mass is 16.4. The first-order valence-electron chi connectivity index (χ1n) is 9.19. The number of ketones is 1. The average molecular weight is 426 g/mol.